The van der Waals surface area contributed by atoms with Gasteiger partial charge < -0.3 is 15.0 Å². The number of nitro benzene ring substituents is 1. The summed E-state index contributed by atoms with van der Waals surface area (Å²) < 4.78 is 11.9. The maximum Gasteiger partial charge on any atom is 0.495 e. The molecule has 0 saturated carbocycles. The summed E-state index contributed by atoms with van der Waals surface area (Å²) in [5.41, 5.74) is 5.31. The normalized spacial score (nSPS) is 24.9. The molecule has 1 fully saturated rings. The number of benzene rings is 1. The van der Waals surface area contributed by atoms with Crippen LogP contribution in [0, 0.1) is 10.1 Å². The molecule has 1 aromatic carbocycles. The summed E-state index contributed by atoms with van der Waals surface area (Å²) in [5.74, 6) is 0. The Morgan fingerprint density at radius 3 is 2.50 bits per heavy atom. The Hall–Kier alpha value is -1.60. The first-order valence-corrected chi connectivity index (χ1v) is 6.59. The van der Waals surface area contributed by atoms with Crippen molar-refractivity contribution in [3.8, 4) is 0 Å². The van der Waals surface area contributed by atoms with E-state index in [2.05, 4.69) is 0 Å². The standard InChI is InChI=1S/C13H19BN2O4/c1-5-13(4)12(2,3)19-14(20-13)9-6-7-10(15)11(8-9)16(17)18/h6-8H,5,15H2,1-4H3. The SMILES string of the molecule is CCC1(C)OB(c2ccc(N)c([N+](=O)[O-])c2)OC1(C)C. The van der Waals surface area contributed by atoms with Gasteiger partial charge >= 0.3 is 7.12 Å². The van der Waals surface area contributed by atoms with Crippen LogP contribution in [0.15, 0.2) is 18.2 Å². The zero-order valence-corrected chi connectivity index (χ0v) is 12.2. The van der Waals surface area contributed by atoms with E-state index < -0.39 is 23.2 Å². The van der Waals surface area contributed by atoms with E-state index >= 15 is 0 Å². The van der Waals surface area contributed by atoms with Crippen molar-refractivity contribution in [1.82, 2.24) is 0 Å². The highest BCUT2D eigenvalue weighted by atomic mass is 16.7. The van der Waals surface area contributed by atoms with Crippen LogP contribution >= 0.6 is 0 Å². The monoisotopic (exact) mass is 278 g/mol. The molecule has 2 rings (SSSR count). The van der Waals surface area contributed by atoms with E-state index in [1.165, 1.54) is 12.1 Å². The molecule has 20 heavy (non-hydrogen) atoms. The van der Waals surface area contributed by atoms with Gasteiger partial charge in [-0.2, -0.15) is 0 Å². The quantitative estimate of drug-likeness (QED) is 0.394. The third-order valence-electron chi connectivity index (χ3n) is 4.24. The fraction of sp³-hybridized carbons (Fsp3) is 0.538. The molecule has 1 aliphatic heterocycles. The van der Waals surface area contributed by atoms with Gasteiger partial charge in [0.2, 0.25) is 0 Å². The van der Waals surface area contributed by atoms with Gasteiger partial charge in [0.25, 0.3) is 5.69 Å². The molecule has 1 heterocycles. The second-order valence-electron chi connectivity index (χ2n) is 5.74. The van der Waals surface area contributed by atoms with Crippen molar-refractivity contribution in [3.05, 3.63) is 28.3 Å². The van der Waals surface area contributed by atoms with Crippen LogP contribution in [-0.4, -0.2) is 23.2 Å². The molecule has 1 saturated heterocycles. The summed E-state index contributed by atoms with van der Waals surface area (Å²) in [6, 6.07) is 4.62. The van der Waals surface area contributed by atoms with Crippen LogP contribution in [0.4, 0.5) is 11.4 Å². The molecule has 0 radical (unpaired) electrons. The van der Waals surface area contributed by atoms with Crippen LogP contribution in [0.3, 0.4) is 0 Å². The number of anilines is 1. The Morgan fingerprint density at radius 2 is 2.00 bits per heavy atom. The average Bonchev–Trinajstić information content (AvgIpc) is 2.61. The number of nitrogens with two attached hydrogens (primary N) is 1. The molecular formula is C13H19BN2O4. The van der Waals surface area contributed by atoms with Crippen molar-refractivity contribution in [3.63, 3.8) is 0 Å². The Morgan fingerprint density at radius 1 is 1.35 bits per heavy atom. The van der Waals surface area contributed by atoms with Gasteiger partial charge in [0.15, 0.2) is 0 Å². The predicted octanol–water partition coefficient (Wildman–Crippen LogP) is 1.87. The number of hydrogen-bond donors (Lipinski definition) is 1. The molecule has 1 aromatic rings. The van der Waals surface area contributed by atoms with Gasteiger partial charge in [-0.25, -0.2) is 0 Å². The highest BCUT2D eigenvalue weighted by Gasteiger charge is 2.53. The Bertz CT molecular complexity index is 549. The fourth-order valence-electron chi connectivity index (χ4n) is 2.31. The molecular weight excluding hydrogens is 259 g/mol. The third-order valence-corrected chi connectivity index (χ3v) is 4.24. The number of nitrogens with zero attached hydrogens (tertiary/aromatic N) is 1. The van der Waals surface area contributed by atoms with Crippen LogP contribution in [0.5, 0.6) is 0 Å². The number of nitro groups is 1. The first-order valence-electron chi connectivity index (χ1n) is 6.59. The topological polar surface area (TPSA) is 87.6 Å². The van der Waals surface area contributed by atoms with Crippen LogP contribution in [0.1, 0.15) is 34.1 Å². The van der Waals surface area contributed by atoms with Gasteiger partial charge in [0, 0.05) is 6.07 Å². The largest absolute Gasteiger partial charge is 0.495 e. The third kappa shape index (κ3) is 2.27. The Labute approximate surface area is 118 Å². The maximum atomic E-state index is 10.9. The minimum Gasteiger partial charge on any atom is -0.399 e. The van der Waals surface area contributed by atoms with Crippen LogP contribution in [0.2, 0.25) is 0 Å². The summed E-state index contributed by atoms with van der Waals surface area (Å²) >= 11 is 0. The van der Waals surface area contributed by atoms with E-state index in [9.17, 15) is 10.1 Å². The van der Waals surface area contributed by atoms with E-state index in [1.54, 1.807) is 6.07 Å². The number of nitrogen functional groups attached to an aromatic ring is 1. The van der Waals surface area contributed by atoms with E-state index in [1.807, 2.05) is 27.7 Å². The molecule has 0 amide bonds. The minimum absolute atomic E-state index is 0.127. The lowest BCUT2D eigenvalue weighted by Crippen LogP contribution is -2.44. The van der Waals surface area contributed by atoms with E-state index in [4.69, 9.17) is 15.0 Å². The highest BCUT2D eigenvalue weighted by Crippen LogP contribution is 2.39. The maximum absolute atomic E-state index is 10.9. The summed E-state index contributed by atoms with van der Waals surface area (Å²) in [7, 11) is -0.616. The first-order chi connectivity index (χ1) is 9.20. The molecule has 1 atom stereocenters. The molecule has 2 N–H and O–H groups in total. The highest BCUT2D eigenvalue weighted by molar-refractivity contribution is 6.62. The van der Waals surface area contributed by atoms with Gasteiger partial charge in [-0.15, -0.1) is 0 Å². The zero-order valence-electron chi connectivity index (χ0n) is 12.2. The molecule has 1 unspecified atom stereocenters. The lowest BCUT2D eigenvalue weighted by molar-refractivity contribution is -0.383. The van der Waals surface area contributed by atoms with Gasteiger partial charge in [-0.05, 0) is 38.7 Å². The molecule has 0 aliphatic carbocycles. The molecule has 0 spiro atoms. The van der Waals surface area contributed by atoms with Gasteiger partial charge in [-0.3, -0.25) is 10.1 Å². The minimum atomic E-state index is -0.616. The van der Waals surface area contributed by atoms with Crippen molar-refractivity contribution in [2.75, 3.05) is 5.73 Å². The van der Waals surface area contributed by atoms with Crippen LogP contribution in [-0.2, 0) is 9.31 Å². The molecule has 0 aromatic heterocycles. The smallest absolute Gasteiger partial charge is 0.399 e. The molecule has 108 valence electrons. The van der Waals surface area contributed by atoms with Crippen molar-refractivity contribution in [2.45, 2.75) is 45.3 Å². The second kappa shape index (κ2) is 4.75. The molecule has 1 aliphatic rings. The van der Waals surface area contributed by atoms with Gasteiger partial charge in [-0.1, -0.05) is 13.0 Å². The summed E-state index contributed by atoms with van der Waals surface area (Å²) in [6.45, 7) is 7.93. The lowest BCUT2D eigenvalue weighted by Gasteiger charge is -2.35. The van der Waals surface area contributed by atoms with E-state index in [-0.39, 0.29) is 11.4 Å². The molecule has 6 nitrogen and oxygen atoms in total. The molecule has 7 heteroatoms. The van der Waals surface area contributed by atoms with Crippen molar-refractivity contribution in [2.24, 2.45) is 0 Å². The lowest BCUT2D eigenvalue weighted by atomic mass is 9.79. The molecule has 0 bridgehead atoms. The van der Waals surface area contributed by atoms with Crippen molar-refractivity contribution < 1.29 is 14.2 Å². The Balaban J connectivity index is 2.35. The predicted molar refractivity (Wildman–Crippen MR) is 77.8 cm³/mol. The van der Waals surface area contributed by atoms with Gasteiger partial charge in [0.05, 0.1) is 16.1 Å². The average molecular weight is 278 g/mol. The van der Waals surface area contributed by atoms with E-state index in [0.29, 0.717) is 5.46 Å². The zero-order chi connectivity index (χ0) is 15.1. The van der Waals surface area contributed by atoms with Crippen molar-refractivity contribution >= 4 is 24.0 Å². The summed E-state index contributed by atoms with van der Waals surface area (Å²) in [4.78, 5) is 10.4. The summed E-state index contributed by atoms with van der Waals surface area (Å²) in [6.07, 6.45) is 0.785. The fourth-order valence-corrected chi connectivity index (χ4v) is 2.31. The second-order valence-corrected chi connectivity index (χ2v) is 5.74. The van der Waals surface area contributed by atoms with Crippen LogP contribution in [0.25, 0.3) is 0 Å². The van der Waals surface area contributed by atoms with Crippen LogP contribution < -0.4 is 11.2 Å². The van der Waals surface area contributed by atoms with E-state index in [0.717, 1.165) is 6.42 Å². The first kappa shape index (κ1) is 14.8. The Kier molecular flexibility index (Phi) is 3.52. The van der Waals surface area contributed by atoms with Crippen molar-refractivity contribution in [1.29, 1.82) is 0 Å². The number of rotatable bonds is 3. The summed E-state index contributed by atoms with van der Waals surface area (Å²) in [5, 5.41) is 10.9. The van der Waals surface area contributed by atoms with Gasteiger partial charge in [0.1, 0.15) is 5.69 Å². The number of hydrogen-bond acceptors (Lipinski definition) is 5.